The van der Waals surface area contributed by atoms with E-state index >= 15 is 0 Å². The summed E-state index contributed by atoms with van der Waals surface area (Å²) in [6.07, 6.45) is -0.0430. The standard InChI is InChI=1S/C22H23N3O4S/c1-25(2)22(27)18-8-5-9-19(14-18)24-21(26)12-13-23-30(28,29)20-11-10-16-6-3-4-7-17(16)15-20/h3-11,14-15,23H,12-13H2,1-2H3,(H,24,26). The summed E-state index contributed by atoms with van der Waals surface area (Å²) in [6, 6.07) is 19.0. The second-order valence-corrected chi connectivity index (χ2v) is 8.75. The van der Waals surface area contributed by atoms with Crippen LogP contribution in [0.2, 0.25) is 0 Å². The fourth-order valence-electron chi connectivity index (χ4n) is 2.93. The molecule has 0 fully saturated rings. The van der Waals surface area contributed by atoms with E-state index in [0.29, 0.717) is 11.3 Å². The molecular weight excluding hydrogens is 402 g/mol. The molecule has 0 heterocycles. The van der Waals surface area contributed by atoms with Gasteiger partial charge in [-0.1, -0.05) is 36.4 Å². The first-order valence-corrected chi connectivity index (χ1v) is 10.8. The maximum atomic E-state index is 12.5. The Kier molecular flexibility index (Phi) is 6.49. The van der Waals surface area contributed by atoms with E-state index in [-0.39, 0.29) is 29.7 Å². The summed E-state index contributed by atoms with van der Waals surface area (Å²) < 4.78 is 27.5. The number of hydrogen-bond acceptors (Lipinski definition) is 4. The molecule has 7 nitrogen and oxygen atoms in total. The van der Waals surface area contributed by atoms with Gasteiger partial charge >= 0.3 is 0 Å². The number of hydrogen-bond donors (Lipinski definition) is 2. The zero-order chi connectivity index (χ0) is 21.7. The molecule has 0 aliphatic heterocycles. The highest BCUT2D eigenvalue weighted by molar-refractivity contribution is 7.89. The van der Waals surface area contributed by atoms with Gasteiger partial charge in [0, 0.05) is 38.3 Å². The lowest BCUT2D eigenvalue weighted by molar-refractivity contribution is -0.116. The van der Waals surface area contributed by atoms with Crippen molar-refractivity contribution in [2.75, 3.05) is 26.0 Å². The van der Waals surface area contributed by atoms with Crippen LogP contribution in [0.3, 0.4) is 0 Å². The number of amides is 2. The molecule has 30 heavy (non-hydrogen) atoms. The Morgan fingerprint density at radius 2 is 1.63 bits per heavy atom. The van der Waals surface area contributed by atoms with Crippen LogP contribution in [0.25, 0.3) is 10.8 Å². The van der Waals surface area contributed by atoms with Crippen LogP contribution in [-0.2, 0) is 14.8 Å². The number of carbonyl (C=O) groups excluding carboxylic acids is 2. The fraction of sp³-hybridized carbons (Fsp3) is 0.182. The molecule has 0 bridgehead atoms. The van der Waals surface area contributed by atoms with Gasteiger partial charge < -0.3 is 10.2 Å². The predicted octanol–water partition coefficient (Wildman–Crippen LogP) is 2.85. The van der Waals surface area contributed by atoms with E-state index in [1.54, 1.807) is 50.5 Å². The monoisotopic (exact) mass is 425 g/mol. The Bertz CT molecular complexity index is 1190. The van der Waals surface area contributed by atoms with Gasteiger partial charge in [-0.3, -0.25) is 9.59 Å². The summed E-state index contributed by atoms with van der Waals surface area (Å²) in [5.41, 5.74) is 0.930. The van der Waals surface area contributed by atoms with Crippen molar-refractivity contribution in [2.24, 2.45) is 0 Å². The minimum Gasteiger partial charge on any atom is -0.345 e. The third kappa shape index (κ3) is 5.22. The van der Waals surface area contributed by atoms with Crippen LogP contribution in [0, 0.1) is 0 Å². The highest BCUT2D eigenvalue weighted by atomic mass is 32.2. The van der Waals surface area contributed by atoms with Crippen molar-refractivity contribution < 1.29 is 18.0 Å². The van der Waals surface area contributed by atoms with Gasteiger partial charge in [-0.15, -0.1) is 0 Å². The third-order valence-corrected chi connectivity index (χ3v) is 5.93. The number of sulfonamides is 1. The molecule has 0 atom stereocenters. The van der Waals surface area contributed by atoms with E-state index in [1.807, 2.05) is 24.3 Å². The minimum atomic E-state index is -3.73. The maximum absolute atomic E-state index is 12.5. The summed E-state index contributed by atoms with van der Waals surface area (Å²) in [6.45, 7) is -0.0443. The number of anilines is 1. The number of nitrogens with zero attached hydrogens (tertiary/aromatic N) is 1. The number of carbonyl (C=O) groups is 2. The van der Waals surface area contributed by atoms with Gasteiger partial charge in [0.2, 0.25) is 15.9 Å². The Labute approximate surface area is 175 Å². The summed E-state index contributed by atoms with van der Waals surface area (Å²) in [5.74, 6) is -0.528. The largest absolute Gasteiger partial charge is 0.345 e. The van der Waals surface area contributed by atoms with Crippen molar-refractivity contribution in [1.29, 1.82) is 0 Å². The Morgan fingerprint density at radius 3 is 2.37 bits per heavy atom. The second kappa shape index (κ2) is 9.06. The van der Waals surface area contributed by atoms with Crippen LogP contribution in [0.15, 0.2) is 71.6 Å². The second-order valence-electron chi connectivity index (χ2n) is 6.99. The van der Waals surface area contributed by atoms with Gasteiger partial charge in [-0.25, -0.2) is 13.1 Å². The molecule has 0 unspecified atom stereocenters. The molecule has 3 aromatic carbocycles. The van der Waals surface area contributed by atoms with Gasteiger partial charge in [0.05, 0.1) is 4.90 Å². The van der Waals surface area contributed by atoms with Crippen LogP contribution in [0.5, 0.6) is 0 Å². The van der Waals surface area contributed by atoms with Gasteiger partial charge in [0.1, 0.15) is 0 Å². The van der Waals surface area contributed by atoms with Crippen molar-refractivity contribution in [1.82, 2.24) is 9.62 Å². The quantitative estimate of drug-likeness (QED) is 0.608. The molecule has 8 heteroatoms. The average molecular weight is 426 g/mol. The first kappa shape index (κ1) is 21.5. The molecule has 2 N–H and O–H groups in total. The summed E-state index contributed by atoms with van der Waals surface area (Å²) >= 11 is 0. The summed E-state index contributed by atoms with van der Waals surface area (Å²) in [7, 11) is -0.432. The molecule has 2 amide bonds. The average Bonchev–Trinajstić information content (AvgIpc) is 2.72. The van der Waals surface area contributed by atoms with Crippen LogP contribution in [0.4, 0.5) is 5.69 Å². The summed E-state index contributed by atoms with van der Waals surface area (Å²) in [5, 5.41) is 4.46. The Morgan fingerprint density at radius 1 is 0.900 bits per heavy atom. The van der Waals surface area contributed by atoms with Crippen LogP contribution in [-0.4, -0.2) is 45.8 Å². The number of nitrogens with one attached hydrogen (secondary N) is 2. The lowest BCUT2D eigenvalue weighted by atomic mass is 10.1. The molecular formula is C22H23N3O4S. The maximum Gasteiger partial charge on any atom is 0.253 e. The smallest absolute Gasteiger partial charge is 0.253 e. The van der Waals surface area contributed by atoms with Crippen molar-refractivity contribution in [2.45, 2.75) is 11.3 Å². The van der Waals surface area contributed by atoms with E-state index in [0.717, 1.165) is 10.8 Å². The van der Waals surface area contributed by atoms with Crippen molar-refractivity contribution in [3.05, 3.63) is 72.3 Å². The van der Waals surface area contributed by atoms with Crippen molar-refractivity contribution in [3.63, 3.8) is 0 Å². The van der Waals surface area contributed by atoms with Gasteiger partial charge in [-0.2, -0.15) is 0 Å². The van der Waals surface area contributed by atoms with Gasteiger partial charge in [-0.05, 0) is 41.1 Å². The zero-order valence-electron chi connectivity index (χ0n) is 16.8. The molecule has 0 radical (unpaired) electrons. The van der Waals surface area contributed by atoms with E-state index in [2.05, 4.69) is 10.0 Å². The molecule has 0 spiro atoms. The van der Waals surface area contributed by atoms with Crippen LogP contribution < -0.4 is 10.0 Å². The molecule has 0 aliphatic rings. The highest BCUT2D eigenvalue weighted by Crippen LogP contribution is 2.19. The molecule has 0 aliphatic carbocycles. The fourth-order valence-corrected chi connectivity index (χ4v) is 4.00. The third-order valence-electron chi connectivity index (χ3n) is 4.47. The molecule has 3 rings (SSSR count). The number of fused-ring (bicyclic) bond motifs is 1. The SMILES string of the molecule is CN(C)C(=O)c1cccc(NC(=O)CCNS(=O)(=O)c2ccc3ccccc3c2)c1. The number of benzene rings is 3. The van der Waals surface area contributed by atoms with E-state index in [1.165, 1.54) is 11.0 Å². The summed E-state index contributed by atoms with van der Waals surface area (Å²) in [4.78, 5) is 25.8. The van der Waals surface area contributed by atoms with Gasteiger partial charge in [0.25, 0.3) is 5.91 Å². The lowest BCUT2D eigenvalue weighted by Crippen LogP contribution is -2.28. The topological polar surface area (TPSA) is 95.6 Å². The van der Waals surface area contributed by atoms with Crippen molar-refractivity contribution >= 4 is 38.3 Å². The minimum absolute atomic E-state index is 0.0430. The van der Waals surface area contributed by atoms with E-state index in [4.69, 9.17) is 0 Å². The van der Waals surface area contributed by atoms with Crippen LogP contribution >= 0.6 is 0 Å². The molecule has 0 saturated carbocycles. The lowest BCUT2D eigenvalue weighted by Gasteiger charge is -2.12. The first-order chi connectivity index (χ1) is 14.3. The normalized spacial score (nSPS) is 11.3. The first-order valence-electron chi connectivity index (χ1n) is 9.36. The van der Waals surface area contributed by atoms with E-state index in [9.17, 15) is 18.0 Å². The van der Waals surface area contributed by atoms with Crippen molar-refractivity contribution in [3.8, 4) is 0 Å². The van der Waals surface area contributed by atoms with Crippen LogP contribution in [0.1, 0.15) is 16.8 Å². The predicted molar refractivity (Wildman–Crippen MR) is 117 cm³/mol. The molecule has 3 aromatic rings. The Hall–Kier alpha value is -3.23. The van der Waals surface area contributed by atoms with E-state index < -0.39 is 10.0 Å². The van der Waals surface area contributed by atoms with Gasteiger partial charge in [0.15, 0.2) is 0 Å². The molecule has 156 valence electrons. The molecule has 0 saturated heterocycles. The zero-order valence-corrected chi connectivity index (χ0v) is 17.6. The Balaban J connectivity index is 1.58. The molecule has 0 aromatic heterocycles. The highest BCUT2D eigenvalue weighted by Gasteiger charge is 2.15. The number of rotatable bonds is 7.